The van der Waals surface area contributed by atoms with E-state index in [0.717, 1.165) is 4.55 Å². The van der Waals surface area contributed by atoms with Crippen LogP contribution in [-0.2, 0) is 0 Å². The third kappa shape index (κ3) is 9.38. The first-order valence-electron chi connectivity index (χ1n) is 2.88. The van der Waals surface area contributed by atoms with Crippen molar-refractivity contribution in [3.63, 3.8) is 0 Å². The van der Waals surface area contributed by atoms with Gasteiger partial charge in [-0.1, -0.05) is 0 Å². The molecule has 2 nitrogen and oxygen atoms in total. The van der Waals surface area contributed by atoms with Gasteiger partial charge in [-0.25, -0.2) is 0 Å². The summed E-state index contributed by atoms with van der Waals surface area (Å²) in [5.41, 5.74) is 5.39. The molecule has 0 amide bonds. The predicted octanol–water partition coefficient (Wildman–Crippen LogP) is -6.05. The second-order valence-corrected chi connectivity index (χ2v) is 12.4. The van der Waals surface area contributed by atoms with E-state index < -0.39 is 0 Å². The van der Waals surface area contributed by atoms with Gasteiger partial charge in [-0.05, 0) is 0 Å². The summed E-state index contributed by atoms with van der Waals surface area (Å²) >= 11 is 0.886. The van der Waals surface area contributed by atoms with E-state index in [9.17, 15) is 0 Å². The van der Waals surface area contributed by atoms with E-state index in [1.807, 2.05) is 0 Å². The van der Waals surface area contributed by atoms with Crippen LogP contribution in [0.25, 0.3) is 0 Å². The fraction of sp³-hybridized carbons (Fsp3) is 1.00. The van der Waals surface area contributed by atoms with Crippen molar-refractivity contribution in [3.05, 3.63) is 0 Å². The number of hydrogen-bond acceptors (Lipinski definition) is 2. The topological polar surface area (TPSA) is 38.0 Å². The van der Waals surface area contributed by atoms with Gasteiger partial charge < -0.3 is 0 Å². The van der Waals surface area contributed by atoms with Crippen LogP contribution in [0.5, 0.6) is 0 Å². The Morgan fingerprint density at radius 1 is 1.67 bits per heavy atom. The molecule has 0 rings (SSSR count). The average molecular weight is 356 g/mol. The van der Waals surface area contributed by atoms with Crippen molar-refractivity contribution in [3.8, 4) is 0 Å². The van der Waals surface area contributed by atoms with Crippen LogP contribution in [-0.4, -0.2) is 15.1 Å². The van der Waals surface area contributed by atoms with E-state index in [4.69, 9.17) is 5.73 Å². The summed E-state index contributed by atoms with van der Waals surface area (Å²) in [7, 11) is 0. The molecule has 0 unspecified atom stereocenters. The fourth-order valence-electron chi connectivity index (χ4n) is 0.260. The number of halogens is 2. The van der Waals surface area contributed by atoms with Gasteiger partial charge in [0.05, 0.1) is 0 Å². The fourth-order valence-corrected chi connectivity index (χ4v) is 5.81. The molecule has 0 aliphatic rings. The van der Waals surface area contributed by atoms with Gasteiger partial charge in [0, 0.05) is 0 Å². The maximum atomic E-state index is 5.39. The molecule has 0 aromatic rings. The van der Waals surface area contributed by atoms with Crippen molar-refractivity contribution in [2.24, 2.45) is 5.73 Å². The number of nitrogens with one attached hydrogen (secondary N) is 1. The van der Waals surface area contributed by atoms with Gasteiger partial charge in [0.25, 0.3) is 0 Å². The Hall–Kier alpha value is 1.38. The van der Waals surface area contributed by atoms with Crippen molar-refractivity contribution < 1.29 is 34.5 Å². The monoisotopic (exact) mass is 356 g/mol. The zero-order valence-corrected chi connectivity index (χ0v) is 10.1. The molecule has 0 aromatic carbocycles. The predicted molar refractivity (Wildman–Crippen MR) is 32.2 cm³/mol. The first kappa shape index (κ1) is 10.4. The van der Waals surface area contributed by atoms with Crippen LogP contribution in [0.1, 0.15) is 13.8 Å². The molecule has 0 aromatic heterocycles. The summed E-state index contributed by atoms with van der Waals surface area (Å²) < 4.78 is 2.24. The number of alkyl halides is 2. The number of hydrogen-bond donors (Lipinski definition) is 2. The molecule has 0 saturated heterocycles. The van der Waals surface area contributed by atoms with Crippen LogP contribution in [0.4, 0.5) is 0 Å². The molecule has 0 heterocycles. The van der Waals surface area contributed by atoms with Crippen LogP contribution in [0.3, 0.4) is 0 Å². The molecule has 0 radical (unpaired) electrons. The zero-order chi connectivity index (χ0) is 7.11. The van der Waals surface area contributed by atoms with Gasteiger partial charge in [0.2, 0.25) is 0 Å². The molecule has 4 heteroatoms. The van der Waals surface area contributed by atoms with Crippen LogP contribution >= 0.6 is 0 Å². The second-order valence-electron chi connectivity index (χ2n) is 1.85. The first-order valence-corrected chi connectivity index (χ1v) is 12.2. The normalized spacial score (nSPS) is 11.1. The molecule has 0 bridgehead atoms. The van der Waals surface area contributed by atoms with Gasteiger partial charge in [-0.3, -0.25) is 0 Å². The molecule has 0 atom stereocenters. The summed E-state index contributed by atoms with van der Waals surface area (Å²) in [5, 5.41) is 3.40. The van der Waals surface area contributed by atoms with Gasteiger partial charge in [-0.15, -0.1) is 0 Å². The molecular formula is C5H14I2N2. The van der Waals surface area contributed by atoms with E-state index in [1.165, 1.54) is 4.55 Å². The minimum absolute atomic E-state index is 0.421. The zero-order valence-electron chi connectivity index (χ0n) is 5.82. The summed E-state index contributed by atoms with van der Waals surface area (Å²) in [4.78, 5) is 0. The van der Waals surface area contributed by atoms with Crippen molar-refractivity contribution in [1.82, 2.24) is 5.32 Å². The summed E-state index contributed by atoms with van der Waals surface area (Å²) in [6, 6.07) is 0.659. The van der Waals surface area contributed by atoms with E-state index >= 15 is 0 Å². The molecule has 0 saturated carbocycles. The van der Waals surface area contributed by atoms with Crippen LogP contribution in [0, 0.1) is 0 Å². The van der Waals surface area contributed by atoms with Crippen LogP contribution in [0.2, 0.25) is 0 Å². The Kier molecular flexibility index (Phi) is 8.63. The number of nitrogens with two attached hydrogens (primary N) is 1. The standard InChI is InChI=1S/C5H14I2N2/c1-5(2)9-4-7-6-3-8/h5,9H,3-4,8H2,1-2H3. The van der Waals surface area contributed by atoms with E-state index in [0.29, 0.717) is 40.5 Å². The minimum atomic E-state index is 0.421. The van der Waals surface area contributed by atoms with Crippen molar-refractivity contribution in [1.29, 1.82) is 0 Å². The third-order valence-electron chi connectivity index (χ3n) is 0.666. The molecule has 0 aliphatic heterocycles. The van der Waals surface area contributed by atoms with Crippen molar-refractivity contribution in [2.75, 3.05) is 9.10 Å². The molecule has 0 fully saturated rings. The Morgan fingerprint density at radius 2 is 2.33 bits per heavy atom. The Morgan fingerprint density at radius 3 is 2.78 bits per heavy atom. The average Bonchev–Trinajstić information content (AvgIpc) is 1.80. The molecule has 3 N–H and O–H groups in total. The molecule has 58 valence electrons. The van der Waals surface area contributed by atoms with Crippen molar-refractivity contribution >= 4 is 0 Å². The van der Waals surface area contributed by atoms with Gasteiger partial charge in [0.15, 0.2) is 0 Å². The van der Waals surface area contributed by atoms with Gasteiger partial charge in [0.1, 0.15) is 0 Å². The maximum absolute atomic E-state index is 5.39. The van der Waals surface area contributed by atoms with Crippen LogP contribution in [0.15, 0.2) is 0 Å². The van der Waals surface area contributed by atoms with E-state index in [2.05, 4.69) is 19.2 Å². The first-order chi connectivity index (χ1) is 4.27. The summed E-state index contributed by atoms with van der Waals surface area (Å²) in [6.07, 6.45) is 0. The Balaban J connectivity index is 2.75. The summed E-state index contributed by atoms with van der Waals surface area (Å²) in [5.74, 6) is 0. The Bertz CT molecular complexity index is 58.9. The third-order valence-corrected chi connectivity index (χ3v) is 9.04. The van der Waals surface area contributed by atoms with Crippen molar-refractivity contribution in [2.45, 2.75) is 19.9 Å². The van der Waals surface area contributed by atoms with E-state index in [1.54, 1.807) is 0 Å². The molecular weight excluding hydrogens is 342 g/mol. The summed E-state index contributed by atoms with van der Waals surface area (Å²) in [6.45, 7) is 4.37. The quantitative estimate of drug-likeness (QED) is 0.223. The van der Waals surface area contributed by atoms with E-state index in [-0.39, 0.29) is 0 Å². The Labute approximate surface area is 73.9 Å². The molecule has 0 aliphatic carbocycles. The SMILES string of the molecule is CC(C)NC[I-][I+]CN. The number of rotatable bonds is 5. The van der Waals surface area contributed by atoms with Gasteiger partial charge in [-0.2, -0.15) is 0 Å². The van der Waals surface area contributed by atoms with Gasteiger partial charge >= 0.3 is 74.5 Å². The molecule has 0 spiro atoms. The molecule has 9 heavy (non-hydrogen) atoms. The van der Waals surface area contributed by atoms with Crippen LogP contribution < -0.4 is 45.5 Å². The second kappa shape index (κ2) is 7.49.